The molecule has 0 heterocycles. The lowest BCUT2D eigenvalue weighted by Gasteiger charge is -2.16. The summed E-state index contributed by atoms with van der Waals surface area (Å²) in [5, 5.41) is 3.00. The topological polar surface area (TPSA) is 58.2 Å². The fraction of sp³-hybridized carbons (Fsp3) is 1.00. The number of nitrogens with one attached hydrogen (secondary N) is 2. The zero-order chi connectivity index (χ0) is 12.6. The quantitative estimate of drug-likeness (QED) is 0.605. The standard InChI is InChI=1S/C11H26N2O2S/c1-10(2)11(3)9-13-16(14,15)8-6-5-7-12-4/h10-13H,5-9H2,1-4H3. The van der Waals surface area contributed by atoms with Crippen LogP contribution in [0.15, 0.2) is 0 Å². The van der Waals surface area contributed by atoms with Gasteiger partial charge in [0.15, 0.2) is 0 Å². The first-order chi connectivity index (χ1) is 7.39. The predicted octanol–water partition coefficient (Wildman–Crippen LogP) is 1.20. The Morgan fingerprint density at radius 1 is 1.12 bits per heavy atom. The molecule has 0 aliphatic carbocycles. The van der Waals surface area contributed by atoms with Gasteiger partial charge in [-0.1, -0.05) is 20.8 Å². The van der Waals surface area contributed by atoms with Gasteiger partial charge in [0.1, 0.15) is 0 Å². The van der Waals surface area contributed by atoms with Crippen molar-refractivity contribution in [3.63, 3.8) is 0 Å². The third-order valence-corrected chi connectivity index (χ3v) is 4.29. The summed E-state index contributed by atoms with van der Waals surface area (Å²) in [6.07, 6.45) is 1.61. The van der Waals surface area contributed by atoms with Gasteiger partial charge in [0.25, 0.3) is 0 Å². The molecule has 98 valence electrons. The monoisotopic (exact) mass is 250 g/mol. The fourth-order valence-electron chi connectivity index (χ4n) is 1.16. The molecular formula is C11H26N2O2S. The van der Waals surface area contributed by atoms with Crippen molar-refractivity contribution in [2.45, 2.75) is 33.6 Å². The molecule has 4 nitrogen and oxygen atoms in total. The van der Waals surface area contributed by atoms with Gasteiger partial charge in [-0.25, -0.2) is 13.1 Å². The molecule has 5 heteroatoms. The van der Waals surface area contributed by atoms with Crippen molar-refractivity contribution in [3.05, 3.63) is 0 Å². The van der Waals surface area contributed by atoms with Gasteiger partial charge < -0.3 is 5.32 Å². The molecule has 0 aromatic carbocycles. The van der Waals surface area contributed by atoms with Crippen LogP contribution in [0.1, 0.15) is 33.6 Å². The second kappa shape index (κ2) is 8.03. The fourth-order valence-corrected chi connectivity index (χ4v) is 2.41. The number of sulfonamides is 1. The summed E-state index contributed by atoms with van der Waals surface area (Å²) in [6, 6.07) is 0. The molecule has 0 aromatic rings. The highest BCUT2D eigenvalue weighted by atomic mass is 32.2. The van der Waals surface area contributed by atoms with E-state index in [0.717, 1.165) is 13.0 Å². The zero-order valence-corrected chi connectivity index (χ0v) is 11.7. The van der Waals surface area contributed by atoms with Crippen LogP contribution in [0.5, 0.6) is 0 Å². The van der Waals surface area contributed by atoms with Crippen molar-refractivity contribution in [2.24, 2.45) is 11.8 Å². The summed E-state index contributed by atoms with van der Waals surface area (Å²) in [4.78, 5) is 0. The lowest BCUT2D eigenvalue weighted by molar-refractivity contribution is 0.414. The highest BCUT2D eigenvalue weighted by molar-refractivity contribution is 7.89. The molecule has 1 unspecified atom stereocenters. The maximum atomic E-state index is 11.6. The lowest BCUT2D eigenvalue weighted by atomic mass is 9.99. The maximum Gasteiger partial charge on any atom is 0.211 e. The van der Waals surface area contributed by atoms with Gasteiger partial charge in [0, 0.05) is 6.54 Å². The summed E-state index contributed by atoms with van der Waals surface area (Å²) in [5.74, 6) is 1.12. The Bertz CT molecular complexity index is 263. The van der Waals surface area contributed by atoms with E-state index in [1.54, 1.807) is 0 Å². The van der Waals surface area contributed by atoms with Crippen LogP contribution >= 0.6 is 0 Å². The van der Waals surface area contributed by atoms with E-state index < -0.39 is 10.0 Å². The number of unbranched alkanes of at least 4 members (excludes halogenated alkanes) is 1. The minimum absolute atomic E-state index is 0.236. The Morgan fingerprint density at radius 3 is 2.25 bits per heavy atom. The summed E-state index contributed by atoms with van der Waals surface area (Å²) >= 11 is 0. The molecule has 1 atom stereocenters. The molecular weight excluding hydrogens is 224 g/mol. The van der Waals surface area contributed by atoms with Crippen LogP contribution in [-0.4, -0.2) is 34.3 Å². The molecule has 0 amide bonds. The second-order valence-corrected chi connectivity index (χ2v) is 6.63. The summed E-state index contributed by atoms with van der Waals surface area (Å²) < 4.78 is 25.8. The van der Waals surface area contributed by atoms with E-state index in [0.29, 0.717) is 24.8 Å². The Balaban J connectivity index is 3.79. The van der Waals surface area contributed by atoms with E-state index >= 15 is 0 Å². The van der Waals surface area contributed by atoms with Gasteiger partial charge in [-0.2, -0.15) is 0 Å². The second-order valence-electron chi connectivity index (χ2n) is 4.70. The molecule has 0 bridgehead atoms. The molecule has 0 aromatic heterocycles. The van der Waals surface area contributed by atoms with Crippen molar-refractivity contribution < 1.29 is 8.42 Å². The molecule has 2 N–H and O–H groups in total. The minimum atomic E-state index is -3.07. The predicted molar refractivity (Wildman–Crippen MR) is 69.0 cm³/mol. The first kappa shape index (κ1) is 15.9. The van der Waals surface area contributed by atoms with E-state index in [9.17, 15) is 8.42 Å². The van der Waals surface area contributed by atoms with E-state index in [1.165, 1.54) is 0 Å². The van der Waals surface area contributed by atoms with Crippen molar-refractivity contribution >= 4 is 10.0 Å². The van der Waals surface area contributed by atoms with Gasteiger partial charge in [-0.15, -0.1) is 0 Å². The number of hydrogen-bond donors (Lipinski definition) is 2. The molecule has 16 heavy (non-hydrogen) atoms. The van der Waals surface area contributed by atoms with Gasteiger partial charge in [-0.05, 0) is 38.3 Å². The van der Waals surface area contributed by atoms with E-state index in [4.69, 9.17) is 0 Å². The first-order valence-corrected chi connectivity index (χ1v) is 7.66. The van der Waals surface area contributed by atoms with Crippen LogP contribution in [0.3, 0.4) is 0 Å². The van der Waals surface area contributed by atoms with E-state index in [1.807, 2.05) is 7.05 Å². The van der Waals surface area contributed by atoms with Crippen LogP contribution in [0.4, 0.5) is 0 Å². The highest BCUT2D eigenvalue weighted by Gasteiger charge is 2.13. The Morgan fingerprint density at radius 2 is 1.75 bits per heavy atom. The van der Waals surface area contributed by atoms with Crippen LogP contribution in [0, 0.1) is 11.8 Å². The molecule has 0 rings (SSSR count). The third-order valence-electron chi connectivity index (χ3n) is 2.85. The van der Waals surface area contributed by atoms with Gasteiger partial charge >= 0.3 is 0 Å². The van der Waals surface area contributed by atoms with Crippen molar-refractivity contribution in [3.8, 4) is 0 Å². The molecule has 0 saturated carbocycles. The average molecular weight is 250 g/mol. The zero-order valence-electron chi connectivity index (χ0n) is 10.9. The summed E-state index contributed by atoms with van der Waals surface area (Å²) in [6.45, 7) is 7.69. The summed E-state index contributed by atoms with van der Waals surface area (Å²) in [7, 11) is -1.20. The van der Waals surface area contributed by atoms with Gasteiger partial charge in [0.05, 0.1) is 5.75 Å². The lowest BCUT2D eigenvalue weighted by Crippen LogP contribution is -2.32. The summed E-state index contributed by atoms with van der Waals surface area (Å²) in [5.41, 5.74) is 0. The normalized spacial score (nSPS) is 14.3. The Labute approximate surface area is 100 Å². The number of hydrogen-bond acceptors (Lipinski definition) is 3. The largest absolute Gasteiger partial charge is 0.320 e. The molecule has 0 saturated heterocycles. The molecule has 0 fully saturated rings. The molecule has 0 aliphatic rings. The smallest absolute Gasteiger partial charge is 0.211 e. The maximum absolute atomic E-state index is 11.6. The van der Waals surface area contributed by atoms with E-state index in [2.05, 4.69) is 30.8 Å². The minimum Gasteiger partial charge on any atom is -0.320 e. The van der Waals surface area contributed by atoms with Crippen LogP contribution in [0.25, 0.3) is 0 Å². The van der Waals surface area contributed by atoms with Crippen molar-refractivity contribution in [1.82, 2.24) is 10.0 Å². The van der Waals surface area contributed by atoms with E-state index in [-0.39, 0.29) is 5.75 Å². The van der Waals surface area contributed by atoms with Crippen LogP contribution < -0.4 is 10.0 Å². The van der Waals surface area contributed by atoms with Crippen molar-refractivity contribution in [1.29, 1.82) is 0 Å². The van der Waals surface area contributed by atoms with Gasteiger partial charge in [0.2, 0.25) is 10.0 Å². The molecule has 0 radical (unpaired) electrons. The van der Waals surface area contributed by atoms with Crippen molar-refractivity contribution in [2.75, 3.05) is 25.9 Å². The number of rotatable bonds is 9. The Kier molecular flexibility index (Phi) is 7.97. The average Bonchev–Trinajstić information content (AvgIpc) is 2.21. The SMILES string of the molecule is CNCCCCS(=O)(=O)NCC(C)C(C)C. The molecule has 0 aliphatic heterocycles. The third kappa shape index (κ3) is 8.07. The van der Waals surface area contributed by atoms with Gasteiger partial charge in [-0.3, -0.25) is 0 Å². The first-order valence-electron chi connectivity index (χ1n) is 6.01. The van der Waals surface area contributed by atoms with Crippen LogP contribution in [-0.2, 0) is 10.0 Å². The van der Waals surface area contributed by atoms with Crippen LogP contribution in [0.2, 0.25) is 0 Å². The highest BCUT2D eigenvalue weighted by Crippen LogP contribution is 2.08. The Hall–Kier alpha value is -0.130. The molecule has 0 spiro atoms.